The van der Waals surface area contributed by atoms with Crippen LogP contribution in [0.3, 0.4) is 0 Å². The van der Waals surface area contributed by atoms with E-state index in [1.807, 2.05) is 6.08 Å². The monoisotopic (exact) mass is 108 g/mol. The molecule has 0 spiro atoms. The Morgan fingerprint density at radius 1 is 1.62 bits per heavy atom. The van der Waals surface area contributed by atoms with E-state index in [1.54, 1.807) is 0 Å². The maximum atomic E-state index is 3.39. The molecular weight excluding hydrogens is 96.1 g/mol. The van der Waals surface area contributed by atoms with Crippen LogP contribution in [0, 0.1) is 0 Å². The van der Waals surface area contributed by atoms with Gasteiger partial charge in [0.1, 0.15) is 0 Å². The molecule has 8 heavy (non-hydrogen) atoms. The van der Waals surface area contributed by atoms with Crippen LogP contribution in [-0.2, 0) is 0 Å². The summed E-state index contributed by atoms with van der Waals surface area (Å²) in [5.41, 5.74) is 5.37. The Labute approximate surface area is 51.2 Å². The van der Waals surface area contributed by atoms with E-state index in [1.165, 1.54) is 12.8 Å². The molecular formula is C8H12. The summed E-state index contributed by atoms with van der Waals surface area (Å²) in [6.07, 6.45) is 5.57. The molecule has 0 amide bonds. The summed E-state index contributed by atoms with van der Waals surface area (Å²) < 4.78 is 0. The van der Waals surface area contributed by atoms with Gasteiger partial charge in [-0.1, -0.05) is 24.8 Å². The van der Waals surface area contributed by atoms with Gasteiger partial charge in [-0.15, -0.1) is 0 Å². The molecule has 0 fully saturated rings. The van der Waals surface area contributed by atoms with Gasteiger partial charge in [0, 0.05) is 0 Å². The zero-order valence-electron chi connectivity index (χ0n) is 5.41. The summed E-state index contributed by atoms with van der Waals surface area (Å²) in [5, 5.41) is 0. The van der Waals surface area contributed by atoms with Gasteiger partial charge in [-0.2, -0.15) is 0 Å². The fourth-order valence-corrected chi connectivity index (χ4v) is 0.451. The van der Waals surface area contributed by atoms with E-state index < -0.39 is 0 Å². The smallest absolute Gasteiger partial charge is 0.0268 e. The standard InChI is InChI=1S/C8H12/c1-3-5-7-8-6-4-2/h7H,1,4,6,8H2,2H3. The molecule has 0 heteroatoms. The van der Waals surface area contributed by atoms with Crippen LogP contribution < -0.4 is 0 Å². The molecule has 0 rings (SSSR count). The van der Waals surface area contributed by atoms with E-state index in [2.05, 4.69) is 25.0 Å². The number of hydrogen-bond acceptors (Lipinski definition) is 0. The lowest BCUT2D eigenvalue weighted by atomic mass is 10.2. The number of allylic oxidation sites excluding steroid dienone is 1. The maximum Gasteiger partial charge on any atom is -0.0268 e. The predicted molar refractivity (Wildman–Crippen MR) is 36.7 cm³/mol. The SMILES string of the molecule is C=C=C=CCCCC. The van der Waals surface area contributed by atoms with Gasteiger partial charge < -0.3 is 0 Å². The summed E-state index contributed by atoms with van der Waals surface area (Å²) in [5.74, 6) is 0. The zero-order valence-corrected chi connectivity index (χ0v) is 5.41. The Morgan fingerprint density at radius 2 is 2.38 bits per heavy atom. The largest absolute Gasteiger partial charge is 0.0785 e. The third-order valence-electron chi connectivity index (χ3n) is 0.906. The van der Waals surface area contributed by atoms with E-state index in [0.717, 1.165) is 6.42 Å². The lowest BCUT2D eigenvalue weighted by Gasteiger charge is -1.81. The number of hydrogen-bond donors (Lipinski definition) is 0. The zero-order chi connectivity index (χ0) is 6.24. The van der Waals surface area contributed by atoms with Crippen molar-refractivity contribution < 1.29 is 0 Å². The molecule has 0 aliphatic carbocycles. The van der Waals surface area contributed by atoms with E-state index in [-0.39, 0.29) is 0 Å². The van der Waals surface area contributed by atoms with Crippen molar-refractivity contribution in [3.8, 4) is 0 Å². The Balaban J connectivity index is 3.16. The quantitative estimate of drug-likeness (QED) is 0.385. The molecule has 0 saturated carbocycles. The summed E-state index contributed by atoms with van der Waals surface area (Å²) in [6.45, 7) is 5.56. The summed E-state index contributed by atoms with van der Waals surface area (Å²) >= 11 is 0. The highest BCUT2D eigenvalue weighted by molar-refractivity contribution is 4.80. The highest BCUT2D eigenvalue weighted by Crippen LogP contribution is 1.92. The highest BCUT2D eigenvalue weighted by Gasteiger charge is 1.73. The van der Waals surface area contributed by atoms with Crippen molar-refractivity contribution in [1.29, 1.82) is 0 Å². The molecule has 0 aliphatic heterocycles. The van der Waals surface area contributed by atoms with E-state index in [4.69, 9.17) is 0 Å². The minimum atomic E-state index is 1.11. The molecule has 0 N–H and O–H groups in total. The first-order valence-corrected chi connectivity index (χ1v) is 3.01. The maximum absolute atomic E-state index is 3.39. The summed E-state index contributed by atoms with van der Waals surface area (Å²) in [6, 6.07) is 0. The molecule has 0 aliphatic rings. The van der Waals surface area contributed by atoms with Crippen LogP contribution in [0.4, 0.5) is 0 Å². The molecule has 0 saturated heterocycles. The first-order valence-electron chi connectivity index (χ1n) is 3.01. The van der Waals surface area contributed by atoms with Gasteiger partial charge in [-0.25, -0.2) is 0 Å². The van der Waals surface area contributed by atoms with E-state index in [9.17, 15) is 0 Å². The van der Waals surface area contributed by atoms with Gasteiger partial charge in [-0.05, 0) is 25.5 Å². The van der Waals surface area contributed by atoms with Crippen molar-refractivity contribution in [1.82, 2.24) is 0 Å². The minimum Gasteiger partial charge on any atom is -0.0785 e. The number of unbranched alkanes of at least 4 members (excludes halogenated alkanes) is 2. The predicted octanol–water partition coefficient (Wildman–Crippen LogP) is 2.67. The van der Waals surface area contributed by atoms with Crippen molar-refractivity contribution >= 4 is 0 Å². The molecule has 0 unspecified atom stereocenters. The van der Waals surface area contributed by atoms with Crippen molar-refractivity contribution in [3.05, 3.63) is 24.1 Å². The normalized spacial score (nSPS) is 7.12. The third kappa shape index (κ3) is 5.30. The van der Waals surface area contributed by atoms with Crippen molar-refractivity contribution in [2.24, 2.45) is 0 Å². The fourth-order valence-electron chi connectivity index (χ4n) is 0.451. The van der Waals surface area contributed by atoms with Crippen molar-refractivity contribution in [2.45, 2.75) is 26.2 Å². The Bertz CT molecular complexity index is 110. The topological polar surface area (TPSA) is 0 Å². The molecule has 0 radical (unpaired) electrons. The lowest BCUT2D eigenvalue weighted by molar-refractivity contribution is 0.815. The van der Waals surface area contributed by atoms with Crippen LogP contribution in [0.1, 0.15) is 26.2 Å². The van der Waals surface area contributed by atoms with Crippen LogP contribution in [0.5, 0.6) is 0 Å². The van der Waals surface area contributed by atoms with Crippen LogP contribution in [0.15, 0.2) is 24.1 Å². The Kier molecular flexibility index (Phi) is 5.75. The summed E-state index contributed by atoms with van der Waals surface area (Å²) in [7, 11) is 0. The first-order chi connectivity index (χ1) is 3.91. The van der Waals surface area contributed by atoms with Gasteiger partial charge >= 0.3 is 0 Å². The van der Waals surface area contributed by atoms with Crippen LogP contribution in [0.25, 0.3) is 0 Å². The molecule has 0 aromatic heterocycles. The highest BCUT2D eigenvalue weighted by atomic mass is 13.8. The van der Waals surface area contributed by atoms with Gasteiger partial charge in [0.25, 0.3) is 0 Å². The van der Waals surface area contributed by atoms with Gasteiger partial charge in [0.05, 0.1) is 0 Å². The van der Waals surface area contributed by atoms with Gasteiger partial charge in [-0.3, -0.25) is 0 Å². The molecule has 0 aromatic rings. The molecule has 0 atom stereocenters. The first kappa shape index (κ1) is 7.30. The van der Waals surface area contributed by atoms with Crippen LogP contribution >= 0.6 is 0 Å². The third-order valence-corrected chi connectivity index (χ3v) is 0.906. The lowest BCUT2D eigenvalue weighted by Crippen LogP contribution is -1.62. The molecule has 0 bridgehead atoms. The van der Waals surface area contributed by atoms with E-state index >= 15 is 0 Å². The van der Waals surface area contributed by atoms with Crippen molar-refractivity contribution in [2.75, 3.05) is 0 Å². The Morgan fingerprint density at radius 3 is 2.88 bits per heavy atom. The second kappa shape index (κ2) is 6.30. The van der Waals surface area contributed by atoms with Crippen LogP contribution in [0.2, 0.25) is 0 Å². The minimum absolute atomic E-state index is 1.11. The molecule has 44 valence electrons. The fraction of sp³-hybridized carbons (Fsp3) is 0.500. The average molecular weight is 108 g/mol. The Hall–Kier alpha value is -0.700. The van der Waals surface area contributed by atoms with E-state index in [0.29, 0.717) is 0 Å². The van der Waals surface area contributed by atoms with Crippen molar-refractivity contribution in [3.63, 3.8) is 0 Å². The second-order valence-corrected chi connectivity index (χ2v) is 1.67. The van der Waals surface area contributed by atoms with Gasteiger partial charge in [0.2, 0.25) is 0 Å². The van der Waals surface area contributed by atoms with Crippen LogP contribution in [-0.4, -0.2) is 0 Å². The molecule has 0 heterocycles. The number of rotatable bonds is 3. The van der Waals surface area contributed by atoms with Gasteiger partial charge in [0.15, 0.2) is 0 Å². The average Bonchev–Trinajstić information content (AvgIpc) is 1.81. The second-order valence-electron chi connectivity index (χ2n) is 1.67. The summed E-state index contributed by atoms with van der Waals surface area (Å²) in [4.78, 5) is 0. The molecule has 0 aromatic carbocycles. The molecule has 0 nitrogen and oxygen atoms in total.